The first-order chi connectivity index (χ1) is 15.1. The Morgan fingerprint density at radius 3 is 2.06 bits per heavy atom. The average molecular weight is 533 g/mol. The van der Waals surface area contributed by atoms with E-state index in [1.54, 1.807) is 3.58 Å². The number of benzene rings is 1. The maximum absolute atomic E-state index is 12.6. The predicted molar refractivity (Wildman–Crippen MR) is 132 cm³/mol. The summed E-state index contributed by atoms with van der Waals surface area (Å²) in [5.74, 6) is -0.216. The van der Waals surface area contributed by atoms with E-state index in [0.29, 0.717) is 0 Å². The number of rotatable bonds is 12. The number of carbonyl (C=O) groups is 1. The fourth-order valence-electron chi connectivity index (χ4n) is 5.62. The molecule has 2 aliphatic rings. The molecule has 0 saturated carbocycles. The average Bonchev–Trinajstić information content (AvgIpc) is 3.19. The SMILES string of the molecule is CCC[CH2][Sn]([CH2]CCC)([CH2]CCC)[c]1ccc(C2=C(C(=O)OC)C3CCC(C2)O3)cc1. The third kappa shape index (κ3) is 5.76. The molecule has 31 heavy (non-hydrogen) atoms. The van der Waals surface area contributed by atoms with Gasteiger partial charge in [0.15, 0.2) is 0 Å². The van der Waals surface area contributed by atoms with Gasteiger partial charge < -0.3 is 0 Å². The summed E-state index contributed by atoms with van der Waals surface area (Å²) in [6.45, 7) is 7.00. The zero-order chi connectivity index (χ0) is 22.3. The van der Waals surface area contributed by atoms with Gasteiger partial charge in [-0.05, 0) is 0 Å². The van der Waals surface area contributed by atoms with Crippen LogP contribution in [0.4, 0.5) is 0 Å². The summed E-state index contributed by atoms with van der Waals surface area (Å²) in [4.78, 5) is 12.6. The van der Waals surface area contributed by atoms with Crippen molar-refractivity contribution in [2.24, 2.45) is 0 Å². The topological polar surface area (TPSA) is 35.5 Å². The molecule has 3 rings (SSSR count). The first-order valence-corrected chi connectivity index (χ1v) is 20.1. The monoisotopic (exact) mass is 534 g/mol. The quantitative estimate of drug-likeness (QED) is 0.224. The van der Waals surface area contributed by atoms with E-state index in [-0.39, 0.29) is 18.2 Å². The fraction of sp³-hybridized carbons (Fsp3) is 0.667. The molecule has 1 saturated heterocycles. The molecule has 1 aromatic rings. The molecule has 2 heterocycles. The molecular formula is C27H42O3Sn. The zero-order valence-electron chi connectivity index (χ0n) is 20.2. The van der Waals surface area contributed by atoms with Crippen molar-refractivity contribution in [1.29, 1.82) is 0 Å². The number of fused-ring (bicyclic) bond motifs is 2. The molecule has 0 amide bonds. The van der Waals surface area contributed by atoms with Gasteiger partial charge in [-0.1, -0.05) is 0 Å². The predicted octanol–water partition coefficient (Wildman–Crippen LogP) is 6.62. The van der Waals surface area contributed by atoms with Crippen molar-refractivity contribution in [3.63, 3.8) is 0 Å². The van der Waals surface area contributed by atoms with E-state index in [4.69, 9.17) is 9.47 Å². The van der Waals surface area contributed by atoms with Gasteiger partial charge in [0.2, 0.25) is 0 Å². The molecule has 0 N–H and O–H groups in total. The minimum absolute atomic E-state index is 0.0854. The Hall–Kier alpha value is -0.811. The van der Waals surface area contributed by atoms with Crippen LogP contribution < -0.4 is 3.58 Å². The van der Waals surface area contributed by atoms with Crippen LogP contribution in [0.25, 0.3) is 5.57 Å². The minimum atomic E-state index is -2.41. The van der Waals surface area contributed by atoms with Crippen molar-refractivity contribution in [3.8, 4) is 0 Å². The van der Waals surface area contributed by atoms with Crippen molar-refractivity contribution >= 4 is 33.5 Å². The molecule has 1 fully saturated rings. The van der Waals surface area contributed by atoms with E-state index in [2.05, 4.69) is 45.0 Å². The summed E-state index contributed by atoms with van der Waals surface area (Å²) >= 11 is -2.41. The second-order valence-electron chi connectivity index (χ2n) is 9.58. The van der Waals surface area contributed by atoms with Gasteiger partial charge in [0.05, 0.1) is 0 Å². The summed E-state index contributed by atoms with van der Waals surface area (Å²) in [7, 11) is 1.48. The van der Waals surface area contributed by atoms with E-state index in [9.17, 15) is 4.79 Å². The van der Waals surface area contributed by atoms with E-state index in [1.807, 2.05) is 0 Å². The molecule has 1 aromatic carbocycles. The van der Waals surface area contributed by atoms with Crippen LogP contribution in [0.5, 0.6) is 0 Å². The molecular weight excluding hydrogens is 491 g/mol. The number of hydrogen-bond donors (Lipinski definition) is 0. The van der Waals surface area contributed by atoms with Crippen molar-refractivity contribution in [2.75, 3.05) is 7.11 Å². The molecule has 3 nitrogen and oxygen atoms in total. The number of unbranched alkanes of at least 4 members (excludes halogenated alkanes) is 3. The summed E-state index contributed by atoms with van der Waals surface area (Å²) in [6.07, 6.45) is 11.0. The molecule has 0 aliphatic carbocycles. The molecule has 0 spiro atoms. The summed E-state index contributed by atoms with van der Waals surface area (Å²) < 4.78 is 17.3. The molecule has 0 aromatic heterocycles. The Balaban J connectivity index is 1.95. The van der Waals surface area contributed by atoms with Crippen LogP contribution in [0.1, 0.15) is 84.1 Å². The number of ether oxygens (including phenoxy) is 2. The Kier molecular flexibility index (Phi) is 9.51. The van der Waals surface area contributed by atoms with E-state index in [1.165, 1.54) is 64.5 Å². The van der Waals surface area contributed by atoms with Gasteiger partial charge in [-0.15, -0.1) is 0 Å². The van der Waals surface area contributed by atoms with E-state index in [0.717, 1.165) is 30.4 Å². The summed E-state index contributed by atoms with van der Waals surface area (Å²) in [6, 6.07) is 9.53. The molecule has 2 aliphatic heterocycles. The molecule has 2 unspecified atom stereocenters. The molecule has 172 valence electrons. The first kappa shape index (κ1) is 24.8. The van der Waals surface area contributed by atoms with Crippen molar-refractivity contribution < 1.29 is 14.3 Å². The standard InChI is InChI=1S/C15H15O3.3C4H9.Sn/c1-17-15(16)14-12(10-5-3-2-4-6-10)9-11-7-8-13(14)18-11;3*1-3-4-2;/h3-6,11,13H,7-9H2,1H3;3*1,3-4H2,2H3;. The van der Waals surface area contributed by atoms with E-state index < -0.39 is 18.4 Å². The Morgan fingerprint density at radius 2 is 1.55 bits per heavy atom. The van der Waals surface area contributed by atoms with Crippen LogP contribution >= 0.6 is 0 Å². The van der Waals surface area contributed by atoms with Crippen molar-refractivity contribution in [1.82, 2.24) is 0 Å². The molecule has 2 bridgehead atoms. The summed E-state index contributed by atoms with van der Waals surface area (Å²) in [5, 5.41) is 0. The van der Waals surface area contributed by atoms with E-state index >= 15 is 0 Å². The van der Waals surface area contributed by atoms with Crippen LogP contribution in [-0.2, 0) is 14.3 Å². The van der Waals surface area contributed by atoms with Gasteiger partial charge in [0, 0.05) is 0 Å². The number of esters is 1. The van der Waals surface area contributed by atoms with Gasteiger partial charge >= 0.3 is 194 Å². The zero-order valence-corrected chi connectivity index (χ0v) is 23.0. The third-order valence-corrected chi connectivity index (χ3v) is 23.1. The second-order valence-corrected chi connectivity index (χ2v) is 22.8. The van der Waals surface area contributed by atoms with Crippen LogP contribution in [0.2, 0.25) is 13.3 Å². The van der Waals surface area contributed by atoms with Gasteiger partial charge in [0.25, 0.3) is 0 Å². The first-order valence-electron chi connectivity index (χ1n) is 12.7. The maximum atomic E-state index is 12.6. The molecule has 4 heteroatoms. The number of carbonyl (C=O) groups excluding carboxylic acids is 1. The van der Waals surface area contributed by atoms with Crippen molar-refractivity contribution in [3.05, 3.63) is 35.4 Å². The Morgan fingerprint density at radius 1 is 0.968 bits per heavy atom. The van der Waals surface area contributed by atoms with Gasteiger partial charge in [0.1, 0.15) is 0 Å². The van der Waals surface area contributed by atoms with Gasteiger partial charge in [-0.3, -0.25) is 0 Å². The Labute approximate surface area is 193 Å². The molecule has 0 radical (unpaired) electrons. The second kappa shape index (κ2) is 11.9. The number of methoxy groups -OCH3 is 1. The molecule has 2 atom stereocenters. The van der Waals surface area contributed by atoms with Crippen molar-refractivity contribution in [2.45, 2.75) is 104 Å². The Bertz CT molecular complexity index is 730. The fourth-order valence-corrected chi connectivity index (χ4v) is 21.5. The van der Waals surface area contributed by atoms with Crippen LogP contribution in [0.15, 0.2) is 29.8 Å². The van der Waals surface area contributed by atoms with Gasteiger partial charge in [-0.25, -0.2) is 0 Å². The van der Waals surface area contributed by atoms with Crippen LogP contribution in [0, 0.1) is 0 Å². The van der Waals surface area contributed by atoms with Gasteiger partial charge in [-0.2, -0.15) is 0 Å². The normalized spacial score (nSPS) is 20.9. The number of hydrogen-bond acceptors (Lipinski definition) is 3. The van der Waals surface area contributed by atoms with Crippen LogP contribution in [-0.4, -0.2) is 43.7 Å². The third-order valence-electron chi connectivity index (χ3n) is 7.46. The summed E-state index contributed by atoms with van der Waals surface area (Å²) in [5.41, 5.74) is 3.13. The van der Waals surface area contributed by atoms with Crippen LogP contribution in [0.3, 0.4) is 0 Å².